The summed E-state index contributed by atoms with van der Waals surface area (Å²) in [6.45, 7) is 0.422. The van der Waals surface area contributed by atoms with Crippen LogP contribution in [0.5, 0.6) is 0 Å². The fourth-order valence-electron chi connectivity index (χ4n) is 3.03. The van der Waals surface area contributed by atoms with Crippen molar-refractivity contribution >= 4 is 11.8 Å². The number of hydrogen-bond acceptors (Lipinski definition) is 6. The van der Waals surface area contributed by atoms with Crippen molar-refractivity contribution in [2.24, 2.45) is 0 Å². The van der Waals surface area contributed by atoms with E-state index < -0.39 is 18.3 Å². The third-order valence-electron chi connectivity index (χ3n) is 4.35. The van der Waals surface area contributed by atoms with Crippen LogP contribution < -0.4 is 10.6 Å². The highest BCUT2D eigenvalue weighted by molar-refractivity contribution is 5.95. The zero-order valence-corrected chi connectivity index (χ0v) is 14.2. The second-order valence-electron chi connectivity index (χ2n) is 6.21. The molecule has 1 heterocycles. The Kier molecular flexibility index (Phi) is 6.00. The number of amides is 2. The third kappa shape index (κ3) is 4.28. The standard InChI is InChI=1S/C18H22N2O6/c21-5-4-19-17(23)12-3-1-2-11(6-12)9-20-18(24)13-7-14(22)16-15(8-13)25-10-26-16/h1-3,6,8,14-16,21-22H,4-5,7,9-10H2,(H,19,23)(H,20,24)/t14-,15-,16+/m1/s1. The molecule has 0 bridgehead atoms. The van der Waals surface area contributed by atoms with E-state index in [1.807, 2.05) is 0 Å². The molecule has 1 aliphatic heterocycles. The average Bonchev–Trinajstić information content (AvgIpc) is 3.13. The number of aliphatic hydroxyl groups excluding tert-OH is 2. The average molecular weight is 362 g/mol. The van der Waals surface area contributed by atoms with Gasteiger partial charge in [0.25, 0.3) is 5.91 Å². The lowest BCUT2D eigenvalue weighted by Gasteiger charge is -2.26. The summed E-state index contributed by atoms with van der Waals surface area (Å²) < 4.78 is 10.6. The van der Waals surface area contributed by atoms with E-state index in [9.17, 15) is 14.7 Å². The molecule has 4 N–H and O–H groups in total. The number of benzene rings is 1. The van der Waals surface area contributed by atoms with Crippen molar-refractivity contribution in [2.75, 3.05) is 19.9 Å². The molecular formula is C18H22N2O6. The van der Waals surface area contributed by atoms with Gasteiger partial charge in [-0.15, -0.1) is 0 Å². The summed E-state index contributed by atoms with van der Waals surface area (Å²) in [6.07, 6.45) is 0.309. The van der Waals surface area contributed by atoms with Gasteiger partial charge in [0, 0.05) is 30.6 Å². The second-order valence-corrected chi connectivity index (χ2v) is 6.21. The number of nitrogens with one attached hydrogen (secondary N) is 2. The van der Waals surface area contributed by atoms with Gasteiger partial charge in [-0.3, -0.25) is 9.59 Å². The number of aliphatic hydroxyl groups is 2. The molecule has 1 aliphatic carbocycles. The lowest BCUT2D eigenvalue weighted by molar-refractivity contribution is -0.118. The Morgan fingerprint density at radius 2 is 2.04 bits per heavy atom. The van der Waals surface area contributed by atoms with E-state index in [0.29, 0.717) is 11.1 Å². The second kappa shape index (κ2) is 8.41. The molecule has 26 heavy (non-hydrogen) atoms. The minimum Gasteiger partial charge on any atom is -0.395 e. The summed E-state index contributed by atoms with van der Waals surface area (Å²) in [7, 11) is 0. The number of carbonyl (C=O) groups is 2. The van der Waals surface area contributed by atoms with Crippen LogP contribution in [0.4, 0.5) is 0 Å². The quantitative estimate of drug-likeness (QED) is 0.540. The smallest absolute Gasteiger partial charge is 0.251 e. The molecule has 0 saturated carbocycles. The molecule has 0 aromatic heterocycles. The van der Waals surface area contributed by atoms with Crippen LogP contribution in [-0.4, -0.2) is 60.3 Å². The van der Waals surface area contributed by atoms with Gasteiger partial charge in [-0.1, -0.05) is 12.1 Å². The highest BCUT2D eigenvalue weighted by atomic mass is 16.7. The van der Waals surface area contributed by atoms with Crippen LogP contribution in [0.2, 0.25) is 0 Å². The van der Waals surface area contributed by atoms with Crippen LogP contribution in [0.1, 0.15) is 22.3 Å². The zero-order valence-electron chi connectivity index (χ0n) is 14.2. The number of rotatable bonds is 6. The van der Waals surface area contributed by atoms with Crippen LogP contribution in [0.25, 0.3) is 0 Å². The van der Waals surface area contributed by atoms with E-state index >= 15 is 0 Å². The van der Waals surface area contributed by atoms with Gasteiger partial charge in [0.2, 0.25) is 5.91 Å². The Hall–Kier alpha value is -2.26. The van der Waals surface area contributed by atoms with Crippen LogP contribution in [0.15, 0.2) is 35.9 Å². The van der Waals surface area contributed by atoms with Gasteiger partial charge in [0.15, 0.2) is 0 Å². The summed E-state index contributed by atoms with van der Waals surface area (Å²) in [5.74, 6) is -0.567. The van der Waals surface area contributed by atoms with Gasteiger partial charge < -0.3 is 30.3 Å². The predicted octanol–water partition coefficient (Wildman–Crippen LogP) is -0.543. The maximum absolute atomic E-state index is 12.4. The van der Waals surface area contributed by atoms with Crippen molar-refractivity contribution < 1.29 is 29.3 Å². The van der Waals surface area contributed by atoms with Crippen molar-refractivity contribution in [2.45, 2.75) is 31.3 Å². The van der Waals surface area contributed by atoms with E-state index in [4.69, 9.17) is 14.6 Å². The van der Waals surface area contributed by atoms with Crippen LogP contribution in [0.3, 0.4) is 0 Å². The molecule has 2 amide bonds. The molecule has 1 aromatic carbocycles. The summed E-state index contributed by atoms with van der Waals surface area (Å²) in [4.78, 5) is 24.3. The van der Waals surface area contributed by atoms with Gasteiger partial charge in [-0.05, 0) is 23.8 Å². The van der Waals surface area contributed by atoms with E-state index in [1.165, 1.54) is 0 Å². The van der Waals surface area contributed by atoms with Crippen molar-refractivity contribution in [3.8, 4) is 0 Å². The molecule has 1 aromatic rings. The number of carbonyl (C=O) groups excluding carboxylic acids is 2. The molecule has 0 spiro atoms. The normalized spacial score (nSPS) is 24.5. The Balaban J connectivity index is 1.59. The van der Waals surface area contributed by atoms with Gasteiger partial charge in [-0.25, -0.2) is 0 Å². The molecule has 8 heteroatoms. The Bertz CT molecular complexity index is 705. The summed E-state index contributed by atoms with van der Waals surface area (Å²) in [5, 5.41) is 24.2. The fraction of sp³-hybridized carbons (Fsp3) is 0.444. The molecule has 0 unspecified atom stereocenters. The molecule has 8 nitrogen and oxygen atoms in total. The van der Waals surface area contributed by atoms with Gasteiger partial charge in [-0.2, -0.15) is 0 Å². The highest BCUT2D eigenvalue weighted by Gasteiger charge is 2.39. The zero-order chi connectivity index (χ0) is 18.5. The number of ether oxygens (including phenoxy) is 2. The van der Waals surface area contributed by atoms with E-state index in [-0.39, 0.29) is 44.7 Å². The first-order valence-corrected chi connectivity index (χ1v) is 8.46. The first-order chi connectivity index (χ1) is 12.6. The topological polar surface area (TPSA) is 117 Å². The van der Waals surface area contributed by atoms with Crippen LogP contribution in [0, 0.1) is 0 Å². The molecular weight excluding hydrogens is 340 g/mol. The Morgan fingerprint density at radius 3 is 2.85 bits per heavy atom. The van der Waals surface area contributed by atoms with Crippen molar-refractivity contribution in [1.29, 1.82) is 0 Å². The van der Waals surface area contributed by atoms with E-state index in [1.54, 1.807) is 30.3 Å². The molecule has 140 valence electrons. The summed E-state index contributed by atoms with van der Waals surface area (Å²) >= 11 is 0. The molecule has 2 aliphatic rings. The SMILES string of the molecule is O=C(NCc1cccc(C(=O)NCCO)c1)C1=C[C@H]2OCO[C@H]2[C@H](O)C1. The highest BCUT2D eigenvalue weighted by Crippen LogP contribution is 2.28. The van der Waals surface area contributed by atoms with Gasteiger partial charge in [0.1, 0.15) is 19.0 Å². The molecule has 3 atom stereocenters. The van der Waals surface area contributed by atoms with Crippen LogP contribution in [-0.2, 0) is 20.8 Å². The van der Waals surface area contributed by atoms with Crippen LogP contribution >= 0.6 is 0 Å². The Morgan fingerprint density at radius 1 is 1.19 bits per heavy atom. The molecule has 1 fully saturated rings. The minimum absolute atomic E-state index is 0.114. The molecule has 3 rings (SSSR count). The molecule has 0 radical (unpaired) electrons. The lowest BCUT2D eigenvalue weighted by atomic mass is 9.92. The summed E-state index contributed by atoms with van der Waals surface area (Å²) in [6, 6.07) is 6.88. The lowest BCUT2D eigenvalue weighted by Crippen LogP contribution is -2.40. The first kappa shape index (κ1) is 18.5. The largest absolute Gasteiger partial charge is 0.395 e. The van der Waals surface area contributed by atoms with E-state index in [0.717, 1.165) is 5.56 Å². The van der Waals surface area contributed by atoms with Crippen molar-refractivity contribution in [3.63, 3.8) is 0 Å². The number of fused-ring (bicyclic) bond motifs is 1. The van der Waals surface area contributed by atoms with Gasteiger partial charge in [0.05, 0.1) is 12.7 Å². The number of hydrogen-bond donors (Lipinski definition) is 4. The fourth-order valence-corrected chi connectivity index (χ4v) is 3.03. The predicted molar refractivity (Wildman–Crippen MR) is 91.0 cm³/mol. The summed E-state index contributed by atoms with van der Waals surface area (Å²) in [5.41, 5.74) is 1.68. The first-order valence-electron chi connectivity index (χ1n) is 8.46. The minimum atomic E-state index is -0.771. The Labute approximate surface area is 150 Å². The maximum atomic E-state index is 12.4. The third-order valence-corrected chi connectivity index (χ3v) is 4.35. The van der Waals surface area contributed by atoms with Crippen molar-refractivity contribution in [1.82, 2.24) is 10.6 Å². The van der Waals surface area contributed by atoms with Gasteiger partial charge >= 0.3 is 0 Å². The molecule has 1 saturated heterocycles. The maximum Gasteiger partial charge on any atom is 0.251 e. The van der Waals surface area contributed by atoms with Crippen molar-refractivity contribution in [3.05, 3.63) is 47.0 Å². The van der Waals surface area contributed by atoms with E-state index in [2.05, 4.69) is 10.6 Å². The monoisotopic (exact) mass is 362 g/mol.